The Kier molecular flexibility index (Phi) is 5.56. The van der Waals surface area contributed by atoms with Gasteiger partial charge in [0.2, 0.25) is 0 Å². The van der Waals surface area contributed by atoms with E-state index < -0.39 is 0 Å². The maximum absolute atomic E-state index is 5.66. The quantitative estimate of drug-likeness (QED) is 0.834. The molecule has 0 amide bonds. The summed E-state index contributed by atoms with van der Waals surface area (Å²) in [6.45, 7) is 6.77. The predicted octanol–water partition coefficient (Wildman–Crippen LogP) is 3.65. The lowest BCUT2D eigenvalue weighted by molar-refractivity contribution is 0.316. The minimum absolute atomic E-state index is 0.726. The Morgan fingerprint density at radius 1 is 1.15 bits per heavy atom. The Morgan fingerprint density at radius 2 is 2.00 bits per heavy atom. The first-order chi connectivity index (χ1) is 9.85. The molecule has 0 atom stereocenters. The normalized spacial score (nSPS) is 10.5. The number of nitrogens with one attached hydrogen (secondary N) is 1. The van der Waals surface area contributed by atoms with Crippen LogP contribution in [0.25, 0.3) is 11.1 Å². The largest absolute Gasteiger partial charge is 0.492 e. The second kappa shape index (κ2) is 7.65. The van der Waals surface area contributed by atoms with E-state index in [-0.39, 0.29) is 0 Å². The summed E-state index contributed by atoms with van der Waals surface area (Å²) in [6, 6.07) is 10.5. The highest BCUT2D eigenvalue weighted by Gasteiger charge is 2.06. The first-order valence-electron chi connectivity index (χ1n) is 7.22. The summed E-state index contributed by atoms with van der Waals surface area (Å²) < 4.78 is 5.66. The molecule has 0 fully saturated rings. The molecule has 0 radical (unpaired) electrons. The fraction of sp³-hybridized carbons (Fsp3) is 0.353. The predicted molar refractivity (Wildman–Crippen MR) is 82.8 cm³/mol. The van der Waals surface area contributed by atoms with E-state index in [9.17, 15) is 0 Å². The summed E-state index contributed by atoms with van der Waals surface area (Å²) in [7, 11) is 0. The number of benzene rings is 1. The monoisotopic (exact) mass is 270 g/mol. The second-order valence-electron chi connectivity index (χ2n) is 4.70. The first-order valence-corrected chi connectivity index (χ1v) is 7.22. The molecule has 106 valence electrons. The lowest BCUT2D eigenvalue weighted by Crippen LogP contribution is -2.12. The molecule has 0 bridgehead atoms. The topological polar surface area (TPSA) is 34.1 Å². The lowest BCUT2D eigenvalue weighted by atomic mass is 10.0. The van der Waals surface area contributed by atoms with Gasteiger partial charge >= 0.3 is 0 Å². The Labute approximate surface area is 121 Å². The van der Waals surface area contributed by atoms with Crippen molar-refractivity contribution in [3.8, 4) is 16.9 Å². The average molecular weight is 270 g/mol. The van der Waals surface area contributed by atoms with Gasteiger partial charge in [-0.3, -0.25) is 4.98 Å². The molecule has 0 aliphatic rings. The second-order valence-corrected chi connectivity index (χ2v) is 4.70. The van der Waals surface area contributed by atoms with Crippen molar-refractivity contribution in [1.29, 1.82) is 0 Å². The highest BCUT2D eigenvalue weighted by Crippen LogP contribution is 2.26. The Balaban J connectivity index is 2.26. The van der Waals surface area contributed by atoms with Crippen LogP contribution in [0.4, 0.5) is 0 Å². The van der Waals surface area contributed by atoms with Crippen molar-refractivity contribution in [3.05, 3.63) is 48.3 Å². The molecule has 0 spiro atoms. The van der Waals surface area contributed by atoms with Crippen molar-refractivity contribution in [1.82, 2.24) is 10.3 Å². The minimum Gasteiger partial charge on any atom is -0.492 e. The third-order valence-corrected chi connectivity index (χ3v) is 3.08. The standard InChI is InChI=1S/C17H22N2O/c1-3-9-20-16-10-15(12-19-13-16)17-8-6-5-7-14(17)11-18-4-2/h5-8,10,12-13,18H,3-4,9,11H2,1-2H3. The SMILES string of the molecule is CCCOc1cncc(-c2ccccc2CNCC)c1. The van der Waals surface area contributed by atoms with Gasteiger partial charge in [-0.2, -0.15) is 0 Å². The summed E-state index contributed by atoms with van der Waals surface area (Å²) in [5.41, 5.74) is 3.60. The average Bonchev–Trinajstić information content (AvgIpc) is 2.51. The Morgan fingerprint density at radius 3 is 2.80 bits per heavy atom. The van der Waals surface area contributed by atoms with Gasteiger partial charge in [0, 0.05) is 18.3 Å². The van der Waals surface area contributed by atoms with Gasteiger partial charge in [-0.1, -0.05) is 38.1 Å². The van der Waals surface area contributed by atoms with Gasteiger partial charge in [-0.05, 0) is 30.2 Å². The molecule has 3 heteroatoms. The number of nitrogens with zero attached hydrogens (tertiary/aromatic N) is 1. The van der Waals surface area contributed by atoms with Crippen LogP contribution in [0, 0.1) is 0 Å². The molecule has 0 aliphatic heterocycles. The molecular formula is C17H22N2O. The third-order valence-electron chi connectivity index (χ3n) is 3.08. The molecule has 1 aromatic heterocycles. The van der Waals surface area contributed by atoms with Crippen LogP contribution in [0.15, 0.2) is 42.7 Å². The molecule has 2 rings (SSSR count). The zero-order valence-electron chi connectivity index (χ0n) is 12.2. The van der Waals surface area contributed by atoms with Crippen molar-refractivity contribution in [2.24, 2.45) is 0 Å². The third kappa shape index (κ3) is 3.81. The first kappa shape index (κ1) is 14.5. The summed E-state index contributed by atoms with van der Waals surface area (Å²) in [5, 5.41) is 3.37. The smallest absolute Gasteiger partial charge is 0.138 e. The van der Waals surface area contributed by atoms with Crippen molar-refractivity contribution in [3.63, 3.8) is 0 Å². The van der Waals surface area contributed by atoms with E-state index >= 15 is 0 Å². The van der Waals surface area contributed by atoms with E-state index in [1.165, 1.54) is 11.1 Å². The molecule has 1 aromatic carbocycles. The number of aromatic nitrogens is 1. The lowest BCUT2D eigenvalue weighted by Gasteiger charge is -2.11. The number of pyridine rings is 1. The van der Waals surface area contributed by atoms with Gasteiger partial charge < -0.3 is 10.1 Å². The van der Waals surface area contributed by atoms with Crippen LogP contribution in [0.5, 0.6) is 5.75 Å². The molecule has 1 N–H and O–H groups in total. The minimum atomic E-state index is 0.726. The van der Waals surface area contributed by atoms with Crippen LogP contribution in [-0.4, -0.2) is 18.1 Å². The van der Waals surface area contributed by atoms with E-state index in [2.05, 4.69) is 54.5 Å². The fourth-order valence-corrected chi connectivity index (χ4v) is 2.08. The van der Waals surface area contributed by atoms with E-state index in [0.717, 1.165) is 37.4 Å². The van der Waals surface area contributed by atoms with Crippen molar-refractivity contribution < 1.29 is 4.74 Å². The zero-order chi connectivity index (χ0) is 14.2. The summed E-state index contributed by atoms with van der Waals surface area (Å²) in [5.74, 6) is 0.836. The molecular weight excluding hydrogens is 248 g/mol. The molecule has 0 saturated carbocycles. The van der Waals surface area contributed by atoms with Crippen molar-refractivity contribution >= 4 is 0 Å². The molecule has 0 saturated heterocycles. The van der Waals surface area contributed by atoms with Gasteiger partial charge in [-0.25, -0.2) is 0 Å². The highest BCUT2D eigenvalue weighted by atomic mass is 16.5. The van der Waals surface area contributed by atoms with E-state index in [4.69, 9.17) is 4.74 Å². The van der Waals surface area contributed by atoms with Gasteiger partial charge in [-0.15, -0.1) is 0 Å². The molecule has 0 unspecified atom stereocenters. The van der Waals surface area contributed by atoms with Gasteiger partial charge in [0.1, 0.15) is 5.75 Å². The van der Waals surface area contributed by atoms with E-state index in [1.54, 1.807) is 6.20 Å². The number of hydrogen-bond donors (Lipinski definition) is 1. The number of ether oxygens (including phenoxy) is 1. The van der Waals surface area contributed by atoms with Crippen molar-refractivity contribution in [2.45, 2.75) is 26.8 Å². The van der Waals surface area contributed by atoms with Crippen molar-refractivity contribution in [2.75, 3.05) is 13.2 Å². The van der Waals surface area contributed by atoms with E-state index in [1.807, 2.05) is 6.20 Å². The van der Waals surface area contributed by atoms with Crippen LogP contribution < -0.4 is 10.1 Å². The Bertz CT molecular complexity index is 540. The Hall–Kier alpha value is -1.87. The maximum atomic E-state index is 5.66. The zero-order valence-corrected chi connectivity index (χ0v) is 12.2. The van der Waals surface area contributed by atoms with Crippen LogP contribution in [0.1, 0.15) is 25.8 Å². The molecule has 2 aromatic rings. The van der Waals surface area contributed by atoms with Gasteiger partial charge in [0.15, 0.2) is 0 Å². The highest BCUT2D eigenvalue weighted by molar-refractivity contribution is 5.67. The van der Waals surface area contributed by atoms with Crippen LogP contribution in [0.3, 0.4) is 0 Å². The fourth-order valence-electron chi connectivity index (χ4n) is 2.08. The molecule has 1 heterocycles. The van der Waals surface area contributed by atoms with Gasteiger partial charge in [0.25, 0.3) is 0 Å². The van der Waals surface area contributed by atoms with E-state index in [0.29, 0.717) is 0 Å². The summed E-state index contributed by atoms with van der Waals surface area (Å²) >= 11 is 0. The molecule has 20 heavy (non-hydrogen) atoms. The van der Waals surface area contributed by atoms with Crippen LogP contribution >= 0.6 is 0 Å². The maximum Gasteiger partial charge on any atom is 0.138 e. The summed E-state index contributed by atoms with van der Waals surface area (Å²) in [6.07, 6.45) is 4.66. The number of hydrogen-bond acceptors (Lipinski definition) is 3. The van der Waals surface area contributed by atoms with Gasteiger partial charge in [0.05, 0.1) is 12.8 Å². The van der Waals surface area contributed by atoms with Crippen LogP contribution in [0.2, 0.25) is 0 Å². The molecule has 3 nitrogen and oxygen atoms in total. The summed E-state index contributed by atoms with van der Waals surface area (Å²) in [4.78, 5) is 4.29. The number of rotatable bonds is 7. The van der Waals surface area contributed by atoms with Crippen LogP contribution in [-0.2, 0) is 6.54 Å². The molecule has 0 aliphatic carbocycles.